The zero-order valence-corrected chi connectivity index (χ0v) is 10.9. The van der Waals surface area contributed by atoms with Gasteiger partial charge in [0, 0.05) is 12.4 Å². The second kappa shape index (κ2) is 5.74. The third-order valence-electron chi connectivity index (χ3n) is 2.82. The Labute approximate surface area is 108 Å². The van der Waals surface area contributed by atoms with Gasteiger partial charge < -0.3 is 5.73 Å². The zero-order valence-electron chi connectivity index (χ0n) is 10.9. The summed E-state index contributed by atoms with van der Waals surface area (Å²) < 4.78 is 0. The maximum absolute atomic E-state index is 6.19. The Morgan fingerprint density at radius 2 is 1.83 bits per heavy atom. The molecule has 0 radical (unpaired) electrons. The Morgan fingerprint density at radius 3 is 2.50 bits per heavy atom. The van der Waals surface area contributed by atoms with Gasteiger partial charge in [-0.3, -0.25) is 0 Å². The molecule has 0 spiro atoms. The minimum absolute atomic E-state index is 0.252. The summed E-state index contributed by atoms with van der Waals surface area (Å²) in [5, 5.41) is 0. The molecule has 0 fully saturated rings. The Hall–Kier alpha value is -1.74. The third kappa shape index (κ3) is 3.14. The van der Waals surface area contributed by atoms with Crippen LogP contribution in [0.4, 0.5) is 0 Å². The van der Waals surface area contributed by atoms with Gasteiger partial charge in [-0.2, -0.15) is 0 Å². The molecular weight excluding hydrogens is 222 g/mol. The molecule has 0 aliphatic heterocycles. The first-order valence-electron chi connectivity index (χ1n) is 6.28. The summed E-state index contributed by atoms with van der Waals surface area (Å²) in [5.41, 5.74) is 8.57. The number of hydrogen-bond donors (Lipinski definition) is 1. The molecule has 0 saturated carbocycles. The van der Waals surface area contributed by atoms with E-state index in [0.29, 0.717) is 11.7 Å². The van der Waals surface area contributed by atoms with Crippen LogP contribution < -0.4 is 5.73 Å². The number of hydrogen-bond acceptors (Lipinski definition) is 3. The van der Waals surface area contributed by atoms with Crippen molar-refractivity contribution in [3.05, 3.63) is 59.7 Å². The molecule has 1 heterocycles. The minimum atomic E-state index is -0.252. The van der Waals surface area contributed by atoms with E-state index < -0.39 is 0 Å². The smallest absolute Gasteiger partial charge is 0.149 e. The van der Waals surface area contributed by atoms with E-state index in [1.54, 1.807) is 18.5 Å². The van der Waals surface area contributed by atoms with Crippen LogP contribution in [0.25, 0.3) is 0 Å². The Bertz CT molecular complexity index is 494. The van der Waals surface area contributed by atoms with Crippen molar-refractivity contribution in [3.8, 4) is 0 Å². The number of aromatic nitrogens is 2. The average molecular weight is 241 g/mol. The van der Waals surface area contributed by atoms with Gasteiger partial charge in [-0.05, 0) is 29.5 Å². The van der Waals surface area contributed by atoms with Gasteiger partial charge in [-0.25, -0.2) is 9.97 Å². The first-order chi connectivity index (χ1) is 8.66. The lowest BCUT2D eigenvalue weighted by Crippen LogP contribution is -2.15. The van der Waals surface area contributed by atoms with Crippen LogP contribution in [-0.2, 0) is 6.42 Å². The third-order valence-corrected chi connectivity index (χ3v) is 2.82. The van der Waals surface area contributed by atoms with Gasteiger partial charge in [0.25, 0.3) is 0 Å². The summed E-state index contributed by atoms with van der Waals surface area (Å²) in [6.07, 6.45) is 4.51. The van der Waals surface area contributed by atoms with Crippen LogP contribution in [0.5, 0.6) is 0 Å². The molecule has 1 unspecified atom stereocenters. The molecule has 0 amide bonds. The molecule has 2 N–H and O–H groups in total. The lowest BCUT2D eigenvalue weighted by molar-refractivity contribution is 0.645. The van der Waals surface area contributed by atoms with Crippen LogP contribution in [0.2, 0.25) is 0 Å². The number of nitrogens with two attached hydrogens (primary N) is 1. The molecule has 1 atom stereocenters. The monoisotopic (exact) mass is 241 g/mol. The van der Waals surface area contributed by atoms with Crippen molar-refractivity contribution < 1.29 is 0 Å². The molecular formula is C15H19N3. The van der Waals surface area contributed by atoms with E-state index in [2.05, 4.69) is 42.0 Å². The molecule has 18 heavy (non-hydrogen) atoms. The number of nitrogens with zero attached hydrogens (tertiary/aromatic N) is 2. The van der Waals surface area contributed by atoms with Crippen molar-refractivity contribution in [2.24, 2.45) is 11.7 Å². The van der Waals surface area contributed by atoms with Crippen LogP contribution in [0, 0.1) is 5.92 Å². The highest BCUT2D eigenvalue weighted by Crippen LogP contribution is 2.18. The average Bonchev–Trinajstić information content (AvgIpc) is 2.38. The highest BCUT2D eigenvalue weighted by Gasteiger charge is 2.11. The molecule has 2 aromatic rings. The highest BCUT2D eigenvalue weighted by molar-refractivity contribution is 5.29. The largest absolute Gasteiger partial charge is 0.318 e. The van der Waals surface area contributed by atoms with Crippen molar-refractivity contribution in [1.82, 2.24) is 9.97 Å². The fourth-order valence-electron chi connectivity index (χ4n) is 2.01. The molecule has 1 aromatic heterocycles. The van der Waals surface area contributed by atoms with E-state index in [1.807, 2.05) is 6.07 Å². The molecule has 2 rings (SSSR count). The molecule has 3 nitrogen and oxygen atoms in total. The maximum atomic E-state index is 6.19. The van der Waals surface area contributed by atoms with Crippen molar-refractivity contribution >= 4 is 0 Å². The van der Waals surface area contributed by atoms with E-state index in [4.69, 9.17) is 5.73 Å². The van der Waals surface area contributed by atoms with E-state index in [1.165, 1.54) is 5.56 Å². The Kier molecular flexibility index (Phi) is 4.05. The van der Waals surface area contributed by atoms with Crippen molar-refractivity contribution in [2.75, 3.05) is 0 Å². The van der Waals surface area contributed by atoms with Crippen LogP contribution >= 0.6 is 0 Å². The predicted molar refractivity (Wildman–Crippen MR) is 73.0 cm³/mol. The summed E-state index contributed by atoms with van der Waals surface area (Å²) in [5.74, 6) is 1.31. The van der Waals surface area contributed by atoms with Gasteiger partial charge in [0.05, 0.1) is 6.04 Å². The molecule has 1 aromatic carbocycles. The maximum Gasteiger partial charge on any atom is 0.149 e. The van der Waals surface area contributed by atoms with Gasteiger partial charge in [0.2, 0.25) is 0 Å². The van der Waals surface area contributed by atoms with Crippen molar-refractivity contribution in [2.45, 2.75) is 26.3 Å². The standard InChI is InChI=1S/C15H19N3/c1-11(2)9-12-5-3-6-13(10-12)14(16)15-17-7-4-8-18-15/h3-8,10-11,14H,9,16H2,1-2H3. The summed E-state index contributed by atoms with van der Waals surface area (Å²) in [6, 6.07) is 9.92. The summed E-state index contributed by atoms with van der Waals surface area (Å²) in [4.78, 5) is 8.42. The zero-order chi connectivity index (χ0) is 13.0. The topological polar surface area (TPSA) is 51.8 Å². The van der Waals surface area contributed by atoms with Gasteiger partial charge in [0.1, 0.15) is 5.82 Å². The van der Waals surface area contributed by atoms with Crippen LogP contribution in [0.3, 0.4) is 0 Å². The van der Waals surface area contributed by atoms with Crippen LogP contribution in [0.1, 0.15) is 36.8 Å². The molecule has 0 aliphatic carbocycles. The molecule has 0 aliphatic rings. The van der Waals surface area contributed by atoms with E-state index >= 15 is 0 Å². The summed E-state index contributed by atoms with van der Waals surface area (Å²) in [6.45, 7) is 4.43. The van der Waals surface area contributed by atoms with Gasteiger partial charge in [-0.15, -0.1) is 0 Å². The predicted octanol–water partition coefficient (Wildman–Crippen LogP) is 2.72. The number of benzene rings is 1. The van der Waals surface area contributed by atoms with Gasteiger partial charge >= 0.3 is 0 Å². The SMILES string of the molecule is CC(C)Cc1cccc(C(N)c2ncccn2)c1. The highest BCUT2D eigenvalue weighted by atomic mass is 14.9. The second-order valence-electron chi connectivity index (χ2n) is 4.93. The quantitative estimate of drug-likeness (QED) is 0.895. The van der Waals surface area contributed by atoms with E-state index in [9.17, 15) is 0 Å². The minimum Gasteiger partial charge on any atom is -0.318 e. The molecule has 0 saturated heterocycles. The lowest BCUT2D eigenvalue weighted by atomic mass is 9.98. The van der Waals surface area contributed by atoms with Crippen LogP contribution in [-0.4, -0.2) is 9.97 Å². The molecule has 0 bridgehead atoms. The Morgan fingerprint density at radius 1 is 1.11 bits per heavy atom. The Balaban J connectivity index is 2.23. The summed E-state index contributed by atoms with van der Waals surface area (Å²) in [7, 11) is 0. The second-order valence-corrected chi connectivity index (χ2v) is 4.93. The van der Waals surface area contributed by atoms with Gasteiger partial charge in [0.15, 0.2) is 0 Å². The summed E-state index contributed by atoms with van der Waals surface area (Å²) >= 11 is 0. The fraction of sp³-hybridized carbons (Fsp3) is 0.333. The normalized spacial score (nSPS) is 12.7. The first-order valence-corrected chi connectivity index (χ1v) is 6.28. The lowest BCUT2D eigenvalue weighted by Gasteiger charge is -2.12. The van der Waals surface area contributed by atoms with E-state index in [0.717, 1.165) is 12.0 Å². The molecule has 94 valence electrons. The van der Waals surface area contributed by atoms with Crippen LogP contribution in [0.15, 0.2) is 42.7 Å². The fourth-order valence-corrected chi connectivity index (χ4v) is 2.01. The van der Waals surface area contributed by atoms with Gasteiger partial charge in [-0.1, -0.05) is 38.1 Å². The van der Waals surface area contributed by atoms with Crippen molar-refractivity contribution in [3.63, 3.8) is 0 Å². The van der Waals surface area contributed by atoms with Crippen molar-refractivity contribution in [1.29, 1.82) is 0 Å². The van der Waals surface area contributed by atoms with E-state index in [-0.39, 0.29) is 6.04 Å². The first kappa shape index (κ1) is 12.7. The molecule has 3 heteroatoms. The number of rotatable bonds is 4.